The van der Waals surface area contributed by atoms with Crippen LogP contribution in [0.3, 0.4) is 0 Å². The van der Waals surface area contributed by atoms with E-state index in [1.54, 1.807) is 25.3 Å². The van der Waals surface area contributed by atoms with Crippen molar-refractivity contribution in [3.63, 3.8) is 0 Å². The van der Waals surface area contributed by atoms with Gasteiger partial charge in [-0.15, -0.1) is 0 Å². The minimum Gasteiger partial charge on any atom is -0.482 e. The average molecular weight is 656 g/mol. The number of carbonyl (C=O) groups is 2. The molecule has 0 spiro atoms. The Balaban J connectivity index is 1.50. The van der Waals surface area contributed by atoms with Crippen molar-refractivity contribution in [3.05, 3.63) is 81.7 Å². The number of nitrogens with zero attached hydrogens (tertiary/aromatic N) is 1. The first kappa shape index (κ1) is 32.7. The summed E-state index contributed by atoms with van der Waals surface area (Å²) in [5, 5.41) is 12.2. The van der Waals surface area contributed by atoms with Crippen LogP contribution in [-0.4, -0.2) is 40.3 Å². The number of rotatable bonds is 5. The normalized spacial score (nSPS) is 32.7. The predicted octanol–water partition coefficient (Wildman–Crippen LogP) is 6.17. The summed E-state index contributed by atoms with van der Waals surface area (Å²) in [5.41, 5.74) is -3.86. The third kappa shape index (κ3) is 5.21. The Morgan fingerprint density at radius 1 is 1.13 bits per heavy atom. The van der Waals surface area contributed by atoms with Gasteiger partial charge in [-0.3, -0.25) is 9.78 Å². The van der Waals surface area contributed by atoms with Gasteiger partial charge in [-0.1, -0.05) is 20.8 Å². The fourth-order valence-electron chi connectivity index (χ4n) is 8.57. The third-order valence-corrected chi connectivity index (χ3v) is 11.1. The van der Waals surface area contributed by atoms with E-state index in [1.807, 2.05) is 20.8 Å². The summed E-state index contributed by atoms with van der Waals surface area (Å²) in [5.74, 6) is -7.46. The van der Waals surface area contributed by atoms with E-state index in [0.29, 0.717) is 30.5 Å². The molecule has 47 heavy (non-hydrogen) atoms. The highest BCUT2D eigenvalue weighted by Gasteiger charge is 2.70. The molecule has 9 nitrogen and oxygen atoms in total. The summed E-state index contributed by atoms with van der Waals surface area (Å²) in [4.78, 5) is 43.1. The highest BCUT2D eigenvalue weighted by atomic mass is 19.2. The van der Waals surface area contributed by atoms with Crippen molar-refractivity contribution in [2.45, 2.75) is 71.7 Å². The number of carbonyl (C=O) groups excluding carboxylic acids is 2. The second kappa shape index (κ2) is 11.5. The maximum absolute atomic E-state index is 14.2. The lowest BCUT2D eigenvalue weighted by molar-refractivity contribution is -0.257. The van der Waals surface area contributed by atoms with E-state index in [0.717, 1.165) is 0 Å². The summed E-state index contributed by atoms with van der Waals surface area (Å²) in [6, 6.07) is 5.94. The molecule has 0 amide bonds. The number of hydrogen-bond acceptors (Lipinski definition) is 9. The highest BCUT2D eigenvalue weighted by Crippen LogP contribution is 2.68. The number of hydrogen-bond donors (Lipinski definition) is 1. The molecular formula is C35H36F3NO8. The highest BCUT2D eigenvalue weighted by molar-refractivity contribution is 5.89. The molecule has 8 atom stereocenters. The summed E-state index contributed by atoms with van der Waals surface area (Å²) in [6.07, 6.45) is 1.92. The maximum Gasteiger partial charge on any atom is 0.345 e. The smallest absolute Gasteiger partial charge is 0.345 e. The number of esters is 2. The van der Waals surface area contributed by atoms with Gasteiger partial charge in [0.25, 0.3) is 0 Å². The molecule has 1 aliphatic heterocycles. The van der Waals surface area contributed by atoms with Crippen LogP contribution in [0, 0.1) is 46.0 Å². The van der Waals surface area contributed by atoms with Crippen molar-refractivity contribution in [2.24, 2.45) is 28.6 Å². The number of aliphatic hydroxyl groups is 1. The molecule has 2 saturated carbocycles. The quantitative estimate of drug-likeness (QED) is 0.254. The summed E-state index contributed by atoms with van der Waals surface area (Å²) in [7, 11) is 0. The van der Waals surface area contributed by atoms with Gasteiger partial charge in [-0.2, -0.15) is 0 Å². The Morgan fingerprint density at radius 3 is 2.47 bits per heavy atom. The molecule has 250 valence electrons. The van der Waals surface area contributed by atoms with Crippen LogP contribution in [0.5, 0.6) is 5.75 Å². The summed E-state index contributed by atoms with van der Waals surface area (Å²) < 4.78 is 65.9. The first-order valence-electron chi connectivity index (χ1n) is 15.5. The molecule has 12 heteroatoms. The molecule has 3 heterocycles. The van der Waals surface area contributed by atoms with Crippen molar-refractivity contribution in [1.82, 2.24) is 4.98 Å². The van der Waals surface area contributed by atoms with Gasteiger partial charge in [-0.25, -0.2) is 22.8 Å². The van der Waals surface area contributed by atoms with Gasteiger partial charge in [0.2, 0.25) is 0 Å². The predicted molar refractivity (Wildman–Crippen MR) is 161 cm³/mol. The number of pyridine rings is 1. The fraction of sp³-hybridized carbons (Fsp3) is 0.486. The van der Waals surface area contributed by atoms with E-state index in [4.69, 9.17) is 18.6 Å². The zero-order chi connectivity index (χ0) is 34.1. The summed E-state index contributed by atoms with van der Waals surface area (Å²) in [6.45, 7) is 9.05. The van der Waals surface area contributed by atoms with E-state index in [-0.39, 0.29) is 41.9 Å². The van der Waals surface area contributed by atoms with E-state index in [2.05, 4.69) is 4.98 Å². The molecule has 2 fully saturated rings. The largest absolute Gasteiger partial charge is 0.482 e. The van der Waals surface area contributed by atoms with E-state index in [1.165, 1.54) is 19.2 Å². The number of aliphatic hydroxyl groups excluding tert-OH is 1. The van der Waals surface area contributed by atoms with Crippen LogP contribution in [-0.2, 0) is 14.3 Å². The second-order valence-electron chi connectivity index (χ2n) is 13.8. The number of benzene rings is 1. The number of halogens is 3. The molecule has 6 rings (SSSR count). The Hall–Kier alpha value is -4.19. The van der Waals surface area contributed by atoms with Crippen LogP contribution in [0.4, 0.5) is 13.2 Å². The first-order valence-corrected chi connectivity index (χ1v) is 15.5. The zero-order valence-electron chi connectivity index (χ0n) is 26.6. The third-order valence-electron chi connectivity index (χ3n) is 11.1. The molecule has 2 aromatic heterocycles. The van der Waals surface area contributed by atoms with Crippen molar-refractivity contribution in [3.8, 4) is 17.1 Å². The van der Waals surface area contributed by atoms with Gasteiger partial charge in [0, 0.05) is 42.3 Å². The van der Waals surface area contributed by atoms with E-state index >= 15 is 0 Å². The Labute approximate surface area is 269 Å². The Kier molecular flexibility index (Phi) is 8.01. The lowest BCUT2D eigenvalue weighted by atomic mass is 9.41. The van der Waals surface area contributed by atoms with Crippen LogP contribution in [0.15, 0.2) is 51.9 Å². The van der Waals surface area contributed by atoms with E-state index in [9.17, 15) is 32.7 Å². The van der Waals surface area contributed by atoms with Crippen molar-refractivity contribution in [2.75, 3.05) is 6.61 Å². The molecule has 1 N–H and O–H groups in total. The standard InChI is InChI=1S/C35H36F3NO8/c1-17-8-9-33(3)25(34(17,4)16-44-18(2)40)14-26(46-31(42)20-11-21(36)28(38)22(37)12-20)35(5)30(33)29(41)27-24(47-35)13-23(45-32(27)43)19-7-6-10-39-15-19/h6-7,10-13,15,17,25-26,29-30,41H,8-9,14,16H2,1-5H3/t17-,25?,26-,29-,30?,33-,34+,35+/m0/s1. The van der Waals surface area contributed by atoms with Crippen LogP contribution >= 0.6 is 0 Å². The van der Waals surface area contributed by atoms with Gasteiger partial charge in [0.1, 0.15) is 28.8 Å². The monoisotopic (exact) mass is 655 g/mol. The lowest BCUT2D eigenvalue weighted by Gasteiger charge is -2.66. The van der Waals surface area contributed by atoms with Crippen LogP contribution in [0.2, 0.25) is 0 Å². The SMILES string of the molecule is CC(=O)OC[C@@]1(C)C2C[C@H](OC(=O)c3cc(F)c(F)c(F)c3)[C@@]3(C)Oc4cc(-c5cccnc5)oc(=O)c4[C@H](O)C3[C@@]2(C)CC[C@@H]1C. The summed E-state index contributed by atoms with van der Waals surface area (Å²) >= 11 is 0. The van der Waals surface area contributed by atoms with Gasteiger partial charge in [0.15, 0.2) is 17.5 Å². The minimum absolute atomic E-state index is 0.0279. The lowest BCUT2D eigenvalue weighted by Crippen LogP contribution is -2.70. The number of aromatic nitrogens is 1. The van der Waals surface area contributed by atoms with Gasteiger partial charge in [0.05, 0.1) is 18.3 Å². The molecule has 1 aromatic carbocycles. The van der Waals surface area contributed by atoms with Crippen molar-refractivity contribution < 1.29 is 46.5 Å². The maximum atomic E-state index is 14.2. The van der Waals surface area contributed by atoms with Crippen LogP contribution in [0.25, 0.3) is 11.3 Å². The van der Waals surface area contributed by atoms with Crippen molar-refractivity contribution in [1.29, 1.82) is 0 Å². The molecule has 0 radical (unpaired) electrons. The number of fused-ring (bicyclic) bond motifs is 4. The van der Waals surface area contributed by atoms with Gasteiger partial charge in [-0.05, 0) is 67.7 Å². The van der Waals surface area contributed by atoms with Gasteiger partial charge >= 0.3 is 17.6 Å². The number of ether oxygens (including phenoxy) is 3. The van der Waals surface area contributed by atoms with Crippen LogP contribution < -0.4 is 10.4 Å². The Bertz CT molecular complexity index is 1780. The molecule has 0 saturated heterocycles. The van der Waals surface area contributed by atoms with Gasteiger partial charge < -0.3 is 23.7 Å². The molecule has 2 unspecified atom stereocenters. The fourth-order valence-corrected chi connectivity index (χ4v) is 8.57. The molecule has 2 aliphatic carbocycles. The average Bonchev–Trinajstić information content (AvgIpc) is 3.01. The molecule has 3 aromatic rings. The molecular weight excluding hydrogens is 619 g/mol. The minimum atomic E-state index is -1.72. The second-order valence-corrected chi connectivity index (χ2v) is 13.8. The Morgan fingerprint density at radius 2 is 1.83 bits per heavy atom. The van der Waals surface area contributed by atoms with Crippen LogP contribution in [0.1, 0.15) is 75.9 Å². The first-order chi connectivity index (χ1) is 22.1. The zero-order valence-corrected chi connectivity index (χ0v) is 26.6. The molecule has 3 aliphatic rings. The topological polar surface area (TPSA) is 125 Å². The van der Waals surface area contributed by atoms with Crippen molar-refractivity contribution >= 4 is 11.9 Å². The molecule has 0 bridgehead atoms. The van der Waals surface area contributed by atoms with E-state index < -0.39 is 75.1 Å².